The molecule has 0 unspecified atom stereocenters. The van der Waals surface area contributed by atoms with Gasteiger partial charge in [0.1, 0.15) is 12.5 Å². The van der Waals surface area contributed by atoms with Gasteiger partial charge in [-0.1, -0.05) is 24.6 Å². The van der Waals surface area contributed by atoms with Crippen molar-refractivity contribution in [2.75, 3.05) is 23.3 Å². The number of amides is 2. The Morgan fingerprint density at radius 3 is 2.42 bits per heavy atom. The molecule has 1 atom stereocenters. The molecule has 0 spiro atoms. The van der Waals surface area contributed by atoms with Crippen molar-refractivity contribution in [2.45, 2.75) is 44.0 Å². The highest BCUT2D eigenvalue weighted by molar-refractivity contribution is 7.92. The lowest BCUT2D eigenvalue weighted by atomic mass is 9.94. The minimum Gasteiger partial charge on any atom is -0.383 e. The lowest BCUT2D eigenvalue weighted by Gasteiger charge is -2.19. The summed E-state index contributed by atoms with van der Waals surface area (Å²) in [5.74, 6) is -1.31. The van der Waals surface area contributed by atoms with Gasteiger partial charge in [0.05, 0.1) is 22.0 Å². The SMILES string of the molecule is CC(C)(CF)C(=O)Nc1cccc(NS(=O)(=O)c2cccc(C(N)=NC(=O)[C@@H](N)CCCCN)c2)c1. The first-order valence-corrected chi connectivity index (χ1v) is 12.8. The zero-order chi connectivity index (χ0) is 26.9. The first-order chi connectivity index (χ1) is 16.9. The number of aliphatic imine (C=N–C) groups is 1. The van der Waals surface area contributed by atoms with E-state index in [0.29, 0.717) is 25.1 Å². The highest BCUT2D eigenvalue weighted by Gasteiger charge is 2.27. The summed E-state index contributed by atoms with van der Waals surface area (Å²) in [4.78, 5) is 28.1. The molecule has 8 N–H and O–H groups in total. The number of anilines is 2. The van der Waals surface area contributed by atoms with E-state index in [1.165, 1.54) is 50.2 Å². The molecular weight excluding hydrogens is 487 g/mol. The fraction of sp³-hybridized carbons (Fsp3) is 0.375. The van der Waals surface area contributed by atoms with Crippen LogP contribution in [0.4, 0.5) is 15.8 Å². The summed E-state index contributed by atoms with van der Waals surface area (Å²) < 4.78 is 41.4. The Hall–Kier alpha value is -3.35. The number of benzene rings is 2. The highest BCUT2D eigenvalue weighted by atomic mass is 32.2. The molecule has 0 aliphatic carbocycles. The fourth-order valence-corrected chi connectivity index (χ4v) is 4.05. The largest absolute Gasteiger partial charge is 0.383 e. The maximum Gasteiger partial charge on any atom is 0.264 e. The molecule has 2 amide bonds. The van der Waals surface area contributed by atoms with Gasteiger partial charge in [-0.2, -0.15) is 4.99 Å². The normalized spacial score (nSPS) is 13.2. The monoisotopic (exact) mass is 520 g/mol. The molecule has 0 radical (unpaired) electrons. The lowest BCUT2D eigenvalue weighted by Crippen LogP contribution is -2.32. The maximum atomic E-state index is 13.1. The number of halogens is 1. The Bertz CT molecular complexity index is 1220. The van der Waals surface area contributed by atoms with Gasteiger partial charge in [-0.25, -0.2) is 12.8 Å². The first-order valence-electron chi connectivity index (χ1n) is 11.3. The molecule has 0 heterocycles. The molecule has 0 bridgehead atoms. The number of alkyl halides is 1. The summed E-state index contributed by atoms with van der Waals surface area (Å²) in [6, 6.07) is 10.8. The predicted molar refractivity (Wildman–Crippen MR) is 139 cm³/mol. The molecular formula is C24H33FN6O4S. The van der Waals surface area contributed by atoms with Crippen LogP contribution >= 0.6 is 0 Å². The number of sulfonamides is 1. The number of unbranched alkanes of at least 4 members (excludes halogenated alkanes) is 1. The Labute approximate surface area is 210 Å². The van der Waals surface area contributed by atoms with Crippen molar-refractivity contribution in [3.63, 3.8) is 0 Å². The second-order valence-corrected chi connectivity index (χ2v) is 10.6. The quantitative estimate of drug-likeness (QED) is 0.161. The fourth-order valence-electron chi connectivity index (χ4n) is 2.96. The molecule has 12 heteroatoms. The molecule has 0 saturated carbocycles. The minimum atomic E-state index is -4.06. The van der Waals surface area contributed by atoms with E-state index in [0.717, 1.165) is 6.42 Å². The topological polar surface area (TPSA) is 183 Å². The lowest BCUT2D eigenvalue weighted by molar-refractivity contribution is -0.124. The molecule has 36 heavy (non-hydrogen) atoms. The van der Waals surface area contributed by atoms with Crippen LogP contribution in [0.3, 0.4) is 0 Å². The maximum absolute atomic E-state index is 13.1. The van der Waals surface area contributed by atoms with Crippen LogP contribution in [0.5, 0.6) is 0 Å². The summed E-state index contributed by atoms with van der Waals surface area (Å²) in [6.45, 7) is 2.57. The molecule has 0 saturated heterocycles. The molecule has 0 aliphatic heterocycles. The average Bonchev–Trinajstić information content (AvgIpc) is 2.84. The van der Waals surface area contributed by atoms with Crippen LogP contribution in [-0.4, -0.2) is 45.3 Å². The van der Waals surface area contributed by atoms with Gasteiger partial charge in [-0.15, -0.1) is 0 Å². The molecule has 0 aromatic heterocycles. The third-order valence-corrected chi connectivity index (χ3v) is 6.66. The van der Waals surface area contributed by atoms with Gasteiger partial charge in [0.2, 0.25) is 5.91 Å². The third kappa shape index (κ3) is 8.11. The molecule has 0 fully saturated rings. The number of hydrogen-bond donors (Lipinski definition) is 5. The van der Waals surface area contributed by atoms with Gasteiger partial charge in [0, 0.05) is 11.3 Å². The number of amidine groups is 1. The standard InChI is InChI=1S/C24H33FN6O4S/c1-24(2,15-25)23(33)29-17-8-6-9-18(14-17)31-36(34,35)19-10-5-7-16(13-19)21(28)30-22(32)20(27)11-3-4-12-26/h5-10,13-14,20,31H,3-4,11-12,15,26-27H2,1-2H3,(H,29,33)(H2,28,30,32)/t20-/m0/s1. The molecule has 196 valence electrons. The van der Waals surface area contributed by atoms with Gasteiger partial charge in [-0.3, -0.25) is 14.3 Å². The van der Waals surface area contributed by atoms with Crippen molar-refractivity contribution in [1.82, 2.24) is 0 Å². The van der Waals surface area contributed by atoms with Crippen LogP contribution in [0.2, 0.25) is 0 Å². The second-order valence-electron chi connectivity index (χ2n) is 8.91. The summed E-state index contributed by atoms with van der Waals surface area (Å²) >= 11 is 0. The number of nitrogens with zero attached hydrogens (tertiary/aromatic N) is 1. The second kappa shape index (κ2) is 12.6. The van der Waals surface area contributed by atoms with Gasteiger partial charge in [0.15, 0.2) is 0 Å². The van der Waals surface area contributed by atoms with Crippen LogP contribution in [0.1, 0.15) is 38.7 Å². The Morgan fingerprint density at radius 2 is 1.75 bits per heavy atom. The van der Waals surface area contributed by atoms with E-state index >= 15 is 0 Å². The first kappa shape index (κ1) is 28.9. The van der Waals surface area contributed by atoms with Crippen LogP contribution in [0, 0.1) is 5.41 Å². The molecule has 0 aliphatic rings. The third-order valence-electron chi connectivity index (χ3n) is 5.28. The molecule has 10 nitrogen and oxygen atoms in total. The van der Waals surface area contributed by atoms with E-state index in [4.69, 9.17) is 17.2 Å². The highest BCUT2D eigenvalue weighted by Crippen LogP contribution is 2.23. The molecule has 2 aromatic carbocycles. The van der Waals surface area contributed by atoms with Crippen molar-refractivity contribution >= 4 is 39.0 Å². The van der Waals surface area contributed by atoms with Crippen LogP contribution < -0.4 is 27.2 Å². The van der Waals surface area contributed by atoms with Gasteiger partial charge >= 0.3 is 0 Å². The predicted octanol–water partition coefficient (Wildman–Crippen LogP) is 2.11. The number of nitrogens with one attached hydrogen (secondary N) is 2. The summed E-state index contributed by atoms with van der Waals surface area (Å²) in [5.41, 5.74) is 16.7. The van der Waals surface area contributed by atoms with Crippen molar-refractivity contribution in [3.8, 4) is 0 Å². The number of hydrogen-bond acceptors (Lipinski definition) is 6. The molecule has 2 aromatic rings. The summed E-state index contributed by atoms with van der Waals surface area (Å²) in [7, 11) is -4.06. The Kier molecular flexibility index (Phi) is 10.1. The minimum absolute atomic E-state index is 0.120. The number of nitrogens with two attached hydrogens (primary N) is 3. The zero-order valence-corrected chi connectivity index (χ0v) is 21.1. The van der Waals surface area contributed by atoms with Crippen molar-refractivity contribution in [1.29, 1.82) is 0 Å². The number of carbonyl (C=O) groups is 2. The van der Waals surface area contributed by atoms with Crippen molar-refractivity contribution < 1.29 is 22.4 Å². The summed E-state index contributed by atoms with van der Waals surface area (Å²) in [5, 5.41) is 2.57. The van der Waals surface area contributed by atoms with Crippen LogP contribution in [-0.2, 0) is 19.6 Å². The van der Waals surface area contributed by atoms with Crippen molar-refractivity contribution in [3.05, 3.63) is 54.1 Å². The van der Waals surface area contributed by atoms with Gasteiger partial charge in [-0.05, 0) is 63.6 Å². The smallest absolute Gasteiger partial charge is 0.264 e. The zero-order valence-electron chi connectivity index (χ0n) is 20.3. The van der Waals surface area contributed by atoms with Gasteiger partial charge < -0.3 is 22.5 Å². The van der Waals surface area contributed by atoms with Crippen LogP contribution in [0.25, 0.3) is 0 Å². The van der Waals surface area contributed by atoms with Crippen molar-refractivity contribution in [2.24, 2.45) is 27.6 Å². The van der Waals surface area contributed by atoms with E-state index < -0.39 is 40.0 Å². The number of carbonyl (C=O) groups excluding carboxylic acids is 2. The van der Waals surface area contributed by atoms with E-state index in [-0.39, 0.29) is 22.0 Å². The van der Waals surface area contributed by atoms with E-state index in [1.54, 1.807) is 12.1 Å². The van der Waals surface area contributed by atoms with Crippen LogP contribution in [0.15, 0.2) is 58.4 Å². The average molecular weight is 521 g/mol. The number of rotatable bonds is 12. The van der Waals surface area contributed by atoms with E-state index in [2.05, 4.69) is 15.0 Å². The summed E-state index contributed by atoms with van der Waals surface area (Å²) in [6.07, 6.45) is 1.82. The van der Waals surface area contributed by atoms with E-state index in [9.17, 15) is 22.4 Å². The Morgan fingerprint density at radius 1 is 1.08 bits per heavy atom. The van der Waals surface area contributed by atoms with Gasteiger partial charge in [0.25, 0.3) is 15.9 Å². The van der Waals surface area contributed by atoms with E-state index in [1.807, 2.05) is 0 Å². The molecule has 2 rings (SSSR count). The Balaban J connectivity index is 2.18.